The van der Waals surface area contributed by atoms with Gasteiger partial charge in [-0.05, 0) is 18.2 Å². The van der Waals surface area contributed by atoms with Gasteiger partial charge in [-0.1, -0.05) is 0 Å². The number of benzene rings is 1. The molecule has 2 rings (SSSR count). The van der Waals surface area contributed by atoms with Gasteiger partial charge in [-0.3, -0.25) is 0 Å². The van der Waals surface area contributed by atoms with Crippen LogP contribution < -0.4 is 10.6 Å². The van der Waals surface area contributed by atoms with Gasteiger partial charge in [0, 0.05) is 18.8 Å². The van der Waals surface area contributed by atoms with Gasteiger partial charge in [-0.25, -0.2) is 9.18 Å². The number of anilines is 1. The highest BCUT2D eigenvalue weighted by molar-refractivity contribution is 5.90. The molecule has 1 heterocycles. The number of carbonyl (C=O) groups excluding carboxylic acids is 1. The molecule has 1 saturated heterocycles. The Morgan fingerprint density at radius 1 is 1.56 bits per heavy atom. The number of nitrogens with one attached hydrogen (secondary N) is 2. The minimum absolute atomic E-state index is 0.0419. The molecule has 86 valence electrons. The smallest absolute Gasteiger partial charge is 0.340 e. The van der Waals surface area contributed by atoms with E-state index in [1.165, 1.54) is 19.2 Å². The highest BCUT2D eigenvalue weighted by Gasteiger charge is 2.18. The van der Waals surface area contributed by atoms with E-state index < -0.39 is 11.8 Å². The first-order valence-electron chi connectivity index (χ1n) is 5.06. The third-order valence-corrected chi connectivity index (χ3v) is 2.52. The first-order chi connectivity index (χ1) is 7.70. The maximum absolute atomic E-state index is 13.3. The molecule has 1 aromatic rings. The van der Waals surface area contributed by atoms with Gasteiger partial charge < -0.3 is 15.4 Å². The Hall–Kier alpha value is -1.62. The number of hydrogen-bond donors (Lipinski definition) is 2. The van der Waals surface area contributed by atoms with Gasteiger partial charge in [0.05, 0.1) is 18.7 Å². The third-order valence-electron chi connectivity index (χ3n) is 2.52. The van der Waals surface area contributed by atoms with Crippen LogP contribution in [0.15, 0.2) is 18.2 Å². The molecule has 16 heavy (non-hydrogen) atoms. The number of hydrogen-bond acceptors (Lipinski definition) is 4. The van der Waals surface area contributed by atoms with Gasteiger partial charge >= 0.3 is 5.97 Å². The summed E-state index contributed by atoms with van der Waals surface area (Å²) < 4.78 is 17.8. The van der Waals surface area contributed by atoms with E-state index in [1.807, 2.05) is 0 Å². The highest BCUT2D eigenvalue weighted by Crippen LogP contribution is 2.17. The first kappa shape index (κ1) is 10.9. The Balaban J connectivity index is 2.17. The normalized spacial score (nSPS) is 15.4. The van der Waals surface area contributed by atoms with Crippen molar-refractivity contribution in [2.75, 3.05) is 25.5 Å². The molecule has 0 bridgehead atoms. The second kappa shape index (κ2) is 4.49. The maximum Gasteiger partial charge on any atom is 0.340 e. The van der Waals surface area contributed by atoms with Crippen molar-refractivity contribution >= 4 is 11.7 Å². The van der Waals surface area contributed by atoms with Gasteiger partial charge in [-0.2, -0.15) is 0 Å². The van der Waals surface area contributed by atoms with Crippen LogP contribution in [0.5, 0.6) is 0 Å². The lowest BCUT2D eigenvalue weighted by molar-refractivity contribution is 0.0595. The summed E-state index contributed by atoms with van der Waals surface area (Å²) in [4.78, 5) is 11.3. The molecule has 0 spiro atoms. The molecule has 0 radical (unpaired) electrons. The molecule has 1 aliphatic rings. The number of ether oxygens (including phenoxy) is 1. The number of esters is 1. The standard InChI is InChI=1S/C11H13FN2O2/c1-16-11(15)9-4-7(2-3-10(9)12)14-8-5-13-6-8/h2-4,8,13-14H,5-6H2,1H3. The molecule has 1 fully saturated rings. The molecule has 0 aromatic heterocycles. The number of rotatable bonds is 3. The van der Waals surface area contributed by atoms with Crippen LogP contribution in [0.4, 0.5) is 10.1 Å². The van der Waals surface area contributed by atoms with E-state index in [0.717, 1.165) is 18.8 Å². The molecule has 0 unspecified atom stereocenters. The van der Waals surface area contributed by atoms with Crippen LogP contribution in [0.2, 0.25) is 0 Å². The van der Waals surface area contributed by atoms with Crippen LogP contribution in [0, 0.1) is 5.82 Å². The van der Waals surface area contributed by atoms with Crippen molar-refractivity contribution < 1.29 is 13.9 Å². The lowest BCUT2D eigenvalue weighted by atomic mass is 10.1. The average molecular weight is 224 g/mol. The molecular weight excluding hydrogens is 211 g/mol. The molecule has 0 atom stereocenters. The molecule has 2 N–H and O–H groups in total. The average Bonchev–Trinajstić information content (AvgIpc) is 2.24. The molecule has 5 heteroatoms. The van der Waals surface area contributed by atoms with Crippen molar-refractivity contribution in [3.8, 4) is 0 Å². The minimum Gasteiger partial charge on any atom is -0.465 e. The topological polar surface area (TPSA) is 50.4 Å². The summed E-state index contributed by atoms with van der Waals surface area (Å²) in [6.45, 7) is 1.76. The van der Waals surface area contributed by atoms with E-state index in [0.29, 0.717) is 6.04 Å². The van der Waals surface area contributed by atoms with E-state index in [1.54, 1.807) is 6.07 Å². The van der Waals surface area contributed by atoms with E-state index in [2.05, 4.69) is 15.4 Å². The predicted molar refractivity (Wildman–Crippen MR) is 58.0 cm³/mol. The van der Waals surface area contributed by atoms with Crippen LogP contribution in [0.25, 0.3) is 0 Å². The largest absolute Gasteiger partial charge is 0.465 e. The van der Waals surface area contributed by atoms with Crippen molar-refractivity contribution in [2.24, 2.45) is 0 Å². The van der Waals surface area contributed by atoms with Gasteiger partial charge in [0.2, 0.25) is 0 Å². The second-order valence-electron chi connectivity index (χ2n) is 3.69. The summed E-state index contributed by atoms with van der Waals surface area (Å²) in [5.74, 6) is -1.22. The van der Waals surface area contributed by atoms with Crippen LogP contribution >= 0.6 is 0 Å². The van der Waals surface area contributed by atoms with Gasteiger partial charge in [0.1, 0.15) is 5.82 Å². The zero-order valence-corrected chi connectivity index (χ0v) is 8.92. The fraction of sp³-hybridized carbons (Fsp3) is 0.364. The summed E-state index contributed by atoms with van der Waals surface area (Å²) in [7, 11) is 1.23. The highest BCUT2D eigenvalue weighted by atomic mass is 19.1. The predicted octanol–water partition coefficient (Wildman–Crippen LogP) is 0.996. The van der Waals surface area contributed by atoms with Crippen molar-refractivity contribution in [2.45, 2.75) is 6.04 Å². The molecule has 0 saturated carbocycles. The van der Waals surface area contributed by atoms with Gasteiger partial charge in [0.15, 0.2) is 0 Å². The van der Waals surface area contributed by atoms with Crippen molar-refractivity contribution in [3.05, 3.63) is 29.6 Å². The van der Waals surface area contributed by atoms with Crippen LogP contribution in [-0.4, -0.2) is 32.2 Å². The summed E-state index contributed by atoms with van der Waals surface area (Å²) in [5, 5.41) is 6.30. The summed E-state index contributed by atoms with van der Waals surface area (Å²) in [5.41, 5.74) is 0.688. The van der Waals surface area contributed by atoms with Crippen LogP contribution in [0.3, 0.4) is 0 Å². The Labute approximate surface area is 92.8 Å². The Kier molecular flexibility index (Phi) is 3.05. The van der Waals surface area contributed by atoms with E-state index in [9.17, 15) is 9.18 Å². The maximum atomic E-state index is 13.3. The van der Waals surface area contributed by atoms with E-state index in [4.69, 9.17) is 0 Å². The van der Waals surface area contributed by atoms with Crippen molar-refractivity contribution in [3.63, 3.8) is 0 Å². The molecule has 4 nitrogen and oxygen atoms in total. The quantitative estimate of drug-likeness (QED) is 0.752. The first-order valence-corrected chi connectivity index (χ1v) is 5.06. The SMILES string of the molecule is COC(=O)c1cc(NC2CNC2)ccc1F. The number of methoxy groups -OCH3 is 1. The van der Waals surface area contributed by atoms with Gasteiger partial charge in [-0.15, -0.1) is 0 Å². The van der Waals surface area contributed by atoms with E-state index >= 15 is 0 Å². The summed E-state index contributed by atoms with van der Waals surface area (Å²) in [6, 6.07) is 4.69. The van der Waals surface area contributed by atoms with Crippen molar-refractivity contribution in [1.82, 2.24) is 5.32 Å². The second-order valence-corrected chi connectivity index (χ2v) is 3.69. The molecule has 1 aliphatic heterocycles. The van der Waals surface area contributed by atoms with Crippen LogP contribution in [0.1, 0.15) is 10.4 Å². The lowest BCUT2D eigenvalue weighted by Crippen LogP contribution is -2.51. The fourth-order valence-corrected chi connectivity index (χ4v) is 1.51. The molecule has 0 amide bonds. The zero-order chi connectivity index (χ0) is 11.5. The Bertz CT molecular complexity index is 405. The van der Waals surface area contributed by atoms with E-state index in [-0.39, 0.29) is 5.56 Å². The van der Waals surface area contributed by atoms with Crippen LogP contribution in [-0.2, 0) is 4.74 Å². The minimum atomic E-state index is -0.659. The third kappa shape index (κ3) is 2.14. The summed E-state index contributed by atoms with van der Waals surface area (Å²) in [6.07, 6.45) is 0. The Morgan fingerprint density at radius 3 is 2.88 bits per heavy atom. The summed E-state index contributed by atoms with van der Waals surface area (Å²) >= 11 is 0. The number of halogens is 1. The zero-order valence-electron chi connectivity index (χ0n) is 8.92. The molecule has 1 aromatic carbocycles. The lowest BCUT2D eigenvalue weighted by Gasteiger charge is -2.29. The number of carbonyl (C=O) groups is 1. The monoisotopic (exact) mass is 224 g/mol. The van der Waals surface area contributed by atoms with Crippen molar-refractivity contribution in [1.29, 1.82) is 0 Å². The van der Waals surface area contributed by atoms with Gasteiger partial charge in [0.25, 0.3) is 0 Å². The molecular formula is C11H13FN2O2. The Morgan fingerprint density at radius 2 is 2.31 bits per heavy atom. The molecule has 0 aliphatic carbocycles. The fourth-order valence-electron chi connectivity index (χ4n) is 1.51.